The molecule has 0 radical (unpaired) electrons. The van der Waals surface area contributed by atoms with Crippen LogP contribution in [0, 0.1) is 0 Å². The molecule has 0 saturated heterocycles. The molecule has 0 aliphatic rings. The highest BCUT2D eigenvalue weighted by atomic mass is 32.2. The quantitative estimate of drug-likeness (QED) is 0.258. The second kappa shape index (κ2) is 5.33. The van der Waals surface area contributed by atoms with Crippen LogP contribution in [-0.2, 0) is 19.5 Å². The summed E-state index contributed by atoms with van der Waals surface area (Å²) in [4.78, 5) is 0.119. The molecular weight excluding hydrogens is 294 g/mol. The first-order chi connectivity index (χ1) is 8.95. The van der Waals surface area contributed by atoms with Crippen molar-refractivity contribution in [2.24, 2.45) is 0 Å². The van der Waals surface area contributed by atoms with Crippen molar-refractivity contribution in [1.82, 2.24) is 0 Å². The van der Waals surface area contributed by atoms with Crippen LogP contribution in [0.5, 0.6) is 0 Å². The molecule has 7 nitrogen and oxygen atoms in total. The van der Waals surface area contributed by atoms with Gasteiger partial charge in [0.2, 0.25) is 0 Å². The summed E-state index contributed by atoms with van der Waals surface area (Å²) >= 11 is 0.622. The fourth-order valence-electron chi connectivity index (χ4n) is 1.69. The summed E-state index contributed by atoms with van der Waals surface area (Å²) in [5.74, 6) is 0. The molecule has 102 valence electrons. The average Bonchev–Trinajstić information content (AvgIpc) is 2.35. The van der Waals surface area contributed by atoms with Gasteiger partial charge in [-0.15, -0.1) is 4.33 Å². The first kappa shape index (κ1) is 14.1. The van der Waals surface area contributed by atoms with Gasteiger partial charge >= 0.3 is 0 Å². The zero-order valence-corrected chi connectivity index (χ0v) is 10.9. The number of fused-ring (bicyclic) bond motifs is 1. The summed E-state index contributed by atoms with van der Waals surface area (Å²) in [6.07, 6.45) is 0. The van der Waals surface area contributed by atoms with Gasteiger partial charge < -0.3 is 5.73 Å². The zero-order chi connectivity index (χ0) is 14.0. The van der Waals surface area contributed by atoms with Crippen LogP contribution < -0.4 is 5.73 Å². The maximum absolute atomic E-state index is 11.3. The molecule has 9 heteroatoms. The second-order valence-electron chi connectivity index (χ2n) is 3.54. The summed E-state index contributed by atoms with van der Waals surface area (Å²) in [5, 5.41) is 12.4. The van der Waals surface area contributed by atoms with Crippen molar-refractivity contribution < 1.29 is 27.6 Å². The summed E-state index contributed by atoms with van der Waals surface area (Å²) in [5.41, 5.74) is 6.04. The van der Waals surface area contributed by atoms with Crippen LogP contribution in [0.1, 0.15) is 0 Å². The van der Waals surface area contributed by atoms with E-state index in [0.29, 0.717) is 28.0 Å². The Bertz CT molecular complexity index is 715. The third kappa shape index (κ3) is 2.81. The van der Waals surface area contributed by atoms with E-state index >= 15 is 0 Å². The molecule has 0 spiro atoms. The summed E-state index contributed by atoms with van der Waals surface area (Å²) in [7, 11) is -4.35. The van der Waals surface area contributed by atoms with Crippen molar-refractivity contribution in [2.75, 3.05) is 5.73 Å². The first-order valence-corrected chi connectivity index (χ1v) is 7.07. The molecule has 0 fully saturated rings. The SMILES string of the molecule is Nc1ccc2c(S(=O)(=O)O)cccc2c1SOOO. The first-order valence-electron chi connectivity index (χ1n) is 4.88. The van der Waals surface area contributed by atoms with Gasteiger partial charge in [-0.1, -0.05) is 23.2 Å². The number of anilines is 1. The van der Waals surface area contributed by atoms with E-state index in [1.807, 2.05) is 0 Å². The number of hydrogen-bond acceptors (Lipinski definition) is 7. The smallest absolute Gasteiger partial charge is 0.295 e. The van der Waals surface area contributed by atoms with Crippen molar-refractivity contribution >= 4 is 38.6 Å². The standard InChI is InChI=1S/C10H9NO6S2/c11-8-5-4-6-7(10(8)18-17-16-12)2-1-3-9(6)19(13,14)15/h1-5,12H,11H2,(H,13,14,15). The van der Waals surface area contributed by atoms with Crippen LogP contribution in [0.25, 0.3) is 10.8 Å². The highest BCUT2D eigenvalue weighted by Gasteiger charge is 2.17. The van der Waals surface area contributed by atoms with Crippen LogP contribution in [0.15, 0.2) is 40.1 Å². The molecule has 4 N–H and O–H groups in total. The summed E-state index contributed by atoms with van der Waals surface area (Å²) in [6, 6.07) is 7.25. The molecule has 0 atom stereocenters. The van der Waals surface area contributed by atoms with Gasteiger partial charge in [-0.05, 0) is 12.1 Å². The third-order valence-electron chi connectivity index (χ3n) is 2.43. The van der Waals surface area contributed by atoms with E-state index in [2.05, 4.69) is 9.37 Å². The normalized spacial score (nSPS) is 11.9. The molecule has 0 aliphatic heterocycles. The minimum Gasteiger partial charge on any atom is -0.398 e. The maximum Gasteiger partial charge on any atom is 0.295 e. The predicted molar refractivity (Wildman–Crippen MR) is 68.8 cm³/mol. The van der Waals surface area contributed by atoms with Crippen molar-refractivity contribution in [3.05, 3.63) is 30.3 Å². The lowest BCUT2D eigenvalue weighted by molar-refractivity contribution is -0.432. The average molecular weight is 303 g/mol. The van der Waals surface area contributed by atoms with Crippen molar-refractivity contribution in [2.45, 2.75) is 9.79 Å². The van der Waals surface area contributed by atoms with E-state index in [1.165, 1.54) is 24.3 Å². The third-order valence-corrected chi connectivity index (χ3v) is 4.09. The molecule has 2 rings (SSSR count). The lowest BCUT2D eigenvalue weighted by Gasteiger charge is -2.09. The van der Waals surface area contributed by atoms with E-state index < -0.39 is 10.1 Å². The Morgan fingerprint density at radius 3 is 2.53 bits per heavy atom. The number of nitrogens with two attached hydrogens (primary N) is 1. The van der Waals surface area contributed by atoms with Gasteiger partial charge in [-0.3, -0.25) is 4.55 Å². The van der Waals surface area contributed by atoms with Crippen LogP contribution in [0.3, 0.4) is 0 Å². The topological polar surface area (TPSA) is 119 Å². The highest BCUT2D eigenvalue weighted by molar-refractivity contribution is 7.95. The molecule has 0 unspecified atom stereocenters. The van der Waals surface area contributed by atoms with Gasteiger partial charge in [0.1, 0.15) is 4.90 Å². The van der Waals surface area contributed by atoms with Gasteiger partial charge in [0.05, 0.1) is 16.9 Å². The van der Waals surface area contributed by atoms with Crippen molar-refractivity contribution in [3.8, 4) is 0 Å². The number of rotatable bonds is 4. The number of nitrogen functional groups attached to an aromatic ring is 1. The summed E-state index contributed by atoms with van der Waals surface area (Å²) < 4.78 is 36.0. The van der Waals surface area contributed by atoms with Gasteiger partial charge in [0, 0.05) is 16.5 Å². The van der Waals surface area contributed by atoms with E-state index in [0.717, 1.165) is 0 Å². The molecule has 0 bridgehead atoms. The minimum atomic E-state index is -4.35. The summed E-state index contributed by atoms with van der Waals surface area (Å²) in [6.45, 7) is 0. The van der Waals surface area contributed by atoms with Gasteiger partial charge in [-0.25, -0.2) is 5.26 Å². The van der Waals surface area contributed by atoms with E-state index in [4.69, 9.17) is 15.5 Å². The Morgan fingerprint density at radius 1 is 1.16 bits per heavy atom. The molecule has 2 aromatic rings. The minimum absolute atomic E-state index is 0.239. The van der Waals surface area contributed by atoms with Crippen LogP contribution in [0.2, 0.25) is 0 Å². The Hall–Kier alpha value is -1.36. The van der Waals surface area contributed by atoms with E-state index in [9.17, 15) is 8.42 Å². The van der Waals surface area contributed by atoms with E-state index in [-0.39, 0.29) is 10.3 Å². The predicted octanol–water partition coefficient (Wildman–Crippen LogP) is 2.10. The lowest BCUT2D eigenvalue weighted by Crippen LogP contribution is -2.00. The molecule has 19 heavy (non-hydrogen) atoms. The Balaban J connectivity index is 2.74. The molecule has 2 aromatic carbocycles. The zero-order valence-electron chi connectivity index (χ0n) is 9.31. The van der Waals surface area contributed by atoms with E-state index in [1.54, 1.807) is 6.07 Å². The largest absolute Gasteiger partial charge is 0.398 e. The van der Waals surface area contributed by atoms with Gasteiger partial charge in [0.25, 0.3) is 10.1 Å². The fourth-order valence-corrected chi connectivity index (χ4v) is 2.92. The lowest BCUT2D eigenvalue weighted by atomic mass is 10.1. The van der Waals surface area contributed by atoms with Crippen LogP contribution in [0.4, 0.5) is 5.69 Å². The van der Waals surface area contributed by atoms with Gasteiger partial charge in [0.15, 0.2) is 0 Å². The van der Waals surface area contributed by atoms with Crippen LogP contribution in [-0.4, -0.2) is 18.2 Å². The fraction of sp³-hybridized carbons (Fsp3) is 0. The Morgan fingerprint density at radius 2 is 1.89 bits per heavy atom. The Labute approximate surface area is 112 Å². The molecule has 0 amide bonds. The van der Waals surface area contributed by atoms with Gasteiger partial charge in [-0.2, -0.15) is 8.42 Å². The molecule has 0 aromatic heterocycles. The molecule has 0 aliphatic carbocycles. The van der Waals surface area contributed by atoms with Crippen LogP contribution >= 0.6 is 12.0 Å². The molecule has 0 heterocycles. The molecule has 0 saturated carbocycles. The van der Waals surface area contributed by atoms with Crippen molar-refractivity contribution in [3.63, 3.8) is 0 Å². The highest BCUT2D eigenvalue weighted by Crippen LogP contribution is 2.36. The maximum atomic E-state index is 11.3. The number of hydrogen-bond donors (Lipinski definition) is 3. The Kier molecular flexibility index (Phi) is 3.94. The number of benzene rings is 2. The second-order valence-corrected chi connectivity index (χ2v) is 5.64. The van der Waals surface area contributed by atoms with Crippen molar-refractivity contribution in [1.29, 1.82) is 0 Å². The monoisotopic (exact) mass is 303 g/mol. The molecular formula is C10H9NO6S2.